The minimum Gasteiger partial charge on any atom is -0.444 e. The Hall–Kier alpha value is -3.25. The molecule has 1 amide bonds. The number of aliphatic hydroxyl groups excluding tert-OH is 1. The average molecular weight is 526 g/mol. The molecule has 0 bridgehead atoms. The van der Waals surface area contributed by atoms with Crippen LogP contribution in [-0.2, 0) is 32.2 Å². The Labute approximate surface area is 221 Å². The van der Waals surface area contributed by atoms with E-state index in [0.717, 1.165) is 5.56 Å². The molecular formula is C27H35N5O6. The molecule has 11 nitrogen and oxygen atoms in total. The zero-order valence-corrected chi connectivity index (χ0v) is 22.3. The summed E-state index contributed by atoms with van der Waals surface area (Å²) in [5.74, 6) is -0.660. The first kappa shape index (κ1) is 26.4. The maximum atomic E-state index is 13.8. The summed E-state index contributed by atoms with van der Waals surface area (Å²) in [7, 11) is 0. The number of aliphatic hydroxyl groups is 1. The van der Waals surface area contributed by atoms with Gasteiger partial charge in [-0.1, -0.05) is 30.3 Å². The minimum atomic E-state index is -0.883. The van der Waals surface area contributed by atoms with Gasteiger partial charge in [-0.05, 0) is 46.2 Å². The van der Waals surface area contributed by atoms with Gasteiger partial charge in [0.25, 0.3) is 0 Å². The maximum Gasteiger partial charge on any atom is 0.411 e. The summed E-state index contributed by atoms with van der Waals surface area (Å²) in [5, 5.41) is 14.5. The molecule has 2 fully saturated rings. The van der Waals surface area contributed by atoms with Crippen LogP contribution >= 0.6 is 0 Å². The molecule has 0 aliphatic carbocycles. The SMILES string of the molecule is CC(C)(C)OC(=O)N1[C@H](COCc2ccccc2)[C@H]2OC(C)(C)O[C@H]2[C@@H]1c1cc(CO)c2c(N)ncnn12. The molecular weight excluding hydrogens is 490 g/mol. The summed E-state index contributed by atoms with van der Waals surface area (Å²) in [6, 6.07) is 10.4. The summed E-state index contributed by atoms with van der Waals surface area (Å²) in [6.45, 7) is 9.43. The molecule has 0 unspecified atom stereocenters. The molecule has 3 aromatic rings. The number of anilines is 1. The van der Waals surface area contributed by atoms with Gasteiger partial charge in [-0.2, -0.15) is 5.10 Å². The molecule has 4 heterocycles. The van der Waals surface area contributed by atoms with E-state index in [0.29, 0.717) is 23.4 Å². The summed E-state index contributed by atoms with van der Waals surface area (Å²) < 4.78 is 26.3. The van der Waals surface area contributed by atoms with Crippen LogP contribution in [0.2, 0.25) is 0 Å². The van der Waals surface area contributed by atoms with Gasteiger partial charge >= 0.3 is 6.09 Å². The van der Waals surface area contributed by atoms with Gasteiger partial charge in [0.1, 0.15) is 35.7 Å². The molecule has 0 saturated carbocycles. The number of amides is 1. The van der Waals surface area contributed by atoms with Crippen LogP contribution in [0.25, 0.3) is 5.52 Å². The van der Waals surface area contributed by atoms with E-state index in [9.17, 15) is 9.90 Å². The topological polar surface area (TPSA) is 134 Å². The van der Waals surface area contributed by atoms with Crippen molar-refractivity contribution >= 4 is 17.4 Å². The number of carbonyl (C=O) groups is 1. The standard InChI is InChI=1S/C27H35N5O6/c1-26(2,3)38-25(34)31-19(14-35-13-16-9-7-6-8-10-16)22-23(37-27(4,5)36-22)21(31)18-11-17(12-33)20-24(28)29-15-30-32(18)20/h6-11,15,19,21-23,33H,12-14H2,1-5H3,(H2,28,29,30)/t19-,21+,22-,23+/m1/s1. The van der Waals surface area contributed by atoms with Gasteiger partial charge in [-0.25, -0.2) is 14.3 Å². The van der Waals surface area contributed by atoms with Gasteiger partial charge in [0.05, 0.1) is 31.6 Å². The molecule has 0 radical (unpaired) electrons. The molecule has 11 heteroatoms. The average Bonchev–Trinajstić information content (AvgIpc) is 3.46. The Morgan fingerprint density at radius 1 is 1.18 bits per heavy atom. The number of hydrogen-bond acceptors (Lipinski definition) is 9. The van der Waals surface area contributed by atoms with Crippen molar-refractivity contribution in [3.05, 3.63) is 59.5 Å². The molecule has 2 aromatic heterocycles. The monoisotopic (exact) mass is 525 g/mol. The summed E-state index contributed by atoms with van der Waals surface area (Å²) in [4.78, 5) is 19.5. The third-order valence-electron chi connectivity index (χ3n) is 6.68. The number of nitrogens with two attached hydrogens (primary N) is 1. The third-order valence-corrected chi connectivity index (χ3v) is 6.68. The first-order chi connectivity index (χ1) is 18.0. The van der Waals surface area contributed by atoms with Crippen molar-refractivity contribution in [1.29, 1.82) is 0 Å². The second-order valence-electron chi connectivity index (χ2n) is 11.1. The fourth-order valence-corrected chi connectivity index (χ4v) is 5.31. The van der Waals surface area contributed by atoms with E-state index < -0.39 is 41.8 Å². The van der Waals surface area contributed by atoms with Gasteiger partial charge < -0.3 is 29.8 Å². The van der Waals surface area contributed by atoms with Crippen molar-refractivity contribution in [1.82, 2.24) is 19.5 Å². The Kier molecular flexibility index (Phi) is 6.80. The maximum absolute atomic E-state index is 13.8. The molecule has 38 heavy (non-hydrogen) atoms. The summed E-state index contributed by atoms with van der Waals surface area (Å²) in [6.07, 6.45) is -0.241. The zero-order valence-electron chi connectivity index (χ0n) is 22.3. The van der Waals surface area contributed by atoms with E-state index in [4.69, 9.17) is 24.7 Å². The van der Waals surface area contributed by atoms with Crippen molar-refractivity contribution in [2.45, 2.75) is 83.5 Å². The van der Waals surface area contributed by atoms with Crippen LogP contribution in [0.15, 0.2) is 42.7 Å². The number of benzene rings is 1. The van der Waals surface area contributed by atoms with E-state index in [1.165, 1.54) is 6.33 Å². The lowest BCUT2D eigenvalue weighted by Crippen LogP contribution is -2.47. The number of nitrogens with zero attached hydrogens (tertiary/aromatic N) is 4. The number of rotatable bonds is 6. The Morgan fingerprint density at radius 2 is 1.89 bits per heavy atom. The van der Waals surface area contributed by atoms with Crippen molar-refractivity contribution in [3.8, 4) is 0 Å². The van der Waals surface area contributed by atoms with Crippen LogP contribution in [0.5, 0.6) is 0 Å². The van der Waals surface area contributed by atoms with Crippen molar-refractivity contribution < 1.29 is 28.8 Å². The molecule has 2 saturated heterocycles. The fraction of sp³-hybridized carbons (Fsp3) is 0.519. The van der Waals surface area contributed by atoms with E-state index >= 15 is 0 Å². The lowest BCUT2D eigenvalue weighted by atomic mass is 10.1. The number of nitrogen functional groups attached to an aromatic ring is 1. The van der Waals surface area contributed by atoms with Crippen molar-refractivity contribution in [3.63, 3.8) is 0 Å². The van der Waals surface area contributed by atoms with Gasteiger partial charge in [-0.15, -0.1) is 0 Å². The number of likely N-dealkylation sites (tertiary alicyclic amines) is 1. The largest absolute Gasteiger partial charge is 0.444 e. The molecule has 0 spiro atoms. The molecule has 2 aliphatic rings. The van der Waals surface area contributed by atoms with Crippen LogP contribution in [0.3, 0.4) is 0 Å². The second kappa shape index (κ2) is 9.81. The second-order valence-corrected chi connectivity index (χ2v) is 11.1. The van der Waals surface area contributed by atoms with Crippen LogP contribution in [-0.4, -0.2) is 66.9 Å². The number of hydrogen-bond donors (Lipinski definition) is 2. The highest BCUT2D eigenvalue weighted by atomic mass is 16.8. The predicted octanol–water partition coefficient (Wildman–Crippen LogP) is 3.20. The van der Waals surface area contributed by atoms with Gasteiger partial charge in [0.15, 0.2) is 11.6 Å². The summed E-state index contributed by atoms with van der Waals surface area (Å²) in [5.41, 5.74) is 8.06. The molecule has 4 atom stereocenters. The van der Waals surface area contributed by atoms with Crippen LogP contribution in [0.4, 0.5) is 10.6 Å². The number of aromatic nitrogens is 3. The fourth-order valence-electron chi connectivity index (χ4n) is 5.31. The Balaban J connectivity index is 1.58. The Morgan fingerprint density at radius 3 is 2.58 bits per heavy atom. The van der Waals surface area contributed by atoms with Crippen LogP contribution < -0.4 is 5.73 Å². The zero-order chi connectivity index (χ0) is 27.2. The first-order valence-corrected chi connectivity index (χ1v) is 12.7. The number of ether oxygens (including phenoxy) is 4. The van der Waals surface area contributed by atoms with E-state index in [1.807, 2.05) is 65.0 Å². The lowest BCUT2D eigenvalue weighted by Gasteiger charge is -2.35. The molecule has 204 valence electrons. The molecule has 5 rings (SSSR count). The van der Waals surface area contributed by atoms with Gasteiger partial charge in [0.2, 0.25) is 0 Å². The molecule has 2 aliphatic heterocycles. The van der Waals surface area contributed by atoms with E-state index in [-0.39, 0.29) is 19.0 Å². The number of fused-ring (bicyclic) bond motifs is 2. The highest BCUT2D eigenvalue weighted by molar-refractivity contribution is 5.73. The molecule has 3 N–H and O–H groups in total. The van der Waals surface area contributed by atoms with E-state index in [1.54, 1.807) is 15.5 Å². The Bertz CT molecular complexity index is 1300. The highest BCUT2D eigenvalue weighted by Gasteiger charge is 2.61. The van der Waals surface area contributed by atoms with Crippen LogP contribution in [0, 0.1) is 0 Å². The van der Waals surface area contributed by atoms with Crippen molar-refractivity contribution in [2.24, 2.45) is 0 Å². The highest BCUT2D eigenvalue weighted by Crippen LogP contribution is 2.48. The number of carbonyl (C=O) groups excluding carboxylic acids is 1. The predicted molar refractivity (Wildman–Crippen MR) is 138 cm³/mol. The minimum absolute atomic E-state index is 0.193. The quantitative estimate of drug-likeness (QED) is 0.498. The smallest absolute Gasteiger partial charge is 0.411 e. The summed E-state index contributed by atoms with van der Waals surface area (Å²) >= 11 is 0. The first-order valence-electron chi connectivity index (χ1n) is 12.7. The normalized spacial score (nSPS) is 24.6. The van der Waals surface area contributed by atoms with Crippen LogP contribution in [0.1, 0.15) is 57.5 Å². The van der Waals surface area contributed by atoms with E-state index in [2.05, 4.69) is 10.1 Å². The van der Waals surface area contributed by atoms with Gasteiger partial charge in [-0.3, -0.25) is 4.90 Å². The third kappa shape index (κ3) is 4.94. The lowest BCUT2D eigenvalue weighted by molar-refractivity contribution is -0.170. The van der Waals surface area contributed by atoms with Crippen molar-refractivity contribution in [2.75, 3.05) is 12.3 Å². The molecule has 1 aromatic carbocycles. The van der Waals surface area contributed by atoms with Gasteiger partial charge in [0, 0.05) is 5.56 Å².